The van der Waals surface area contributed by atoms with E-state index < -0.39 is 6.04 Å². The Labute approximate surface area is 171 Å². The van der Waals surface area contributed by atoms with E-state index in [4.69, 9.17) is 5.73 Å². The van der Waals surface area contributed by atoms with Crippen LogP contribution >= 0.6 is 12.4 Å². The highest BCUT2D eigenvalue weighted by atomic mass is 35.5. The molecule has 4 rings (SSSR count). The zero-order valence-corrected chi connectivity index (χ0v) is 17.1. The first kappa shape index (κ1) is 20.8. The van der Waals surface area contributed by atoms with Gasteiger partial charge < -0.3 is 11.1 Å². The number of imide groups is 1. The number of hydrogen-bond acceptors (Lipinski definition) is 4. The first-order valence-corrected chi connectivity index (χ1v) is 9.91. The molecule has 3 amide bonds. The first-order chi connectivity index (χ1) is 12.9. The van der Waals surface area contributed by atoms with E-state index in [1.54, 1.807) is 19.1 Å². The minimum atomic E-state index is -0.825. The molecule has 3 N–H and O–H groups in total. The van der Waals surface area contributed by atoms with Gasteiger partial charge in [0.15, 0.2) is 0 Å². The van der Waals surface area contributed by atoms with Crippen LogP contribution in [0.1, 0.15) is 65.3 Å². The Bertz CT molecular complexity index is 798. The minimum absolute atomic E-state index is 0. The number of nitrogens with zero attached hydrogens (tertiary/aromatic N) is 1. The Morgan fingerprint density at radius 1 is 1.14 bits per heavy atom. The monoisotopic (exact) mass is 405 g/mol. The molecule has 2 bridgehead atoms. The van der Waals surface area contributed by atoms with Crippen LogP contribution in [0.2, 0.25) is 0 Å². The summed E-state index contributed by atoms with van der Waals surface area (Å²) in [6.45, 7) is 3.51. The van der Waals surface area contributed by atoms with E-state index in [0.29, 0.717) is 23.0 Å². The van der Waals surface area contributed by atoms with Crippen LogP contribution in [0.15, 0.2) is 18.2 Å². The van der Waals surface area contributed by atoms with Crippen molar-refractivity contribution in [1.29, 1.82) is 0 Å². The van der Waals surface area contributed by atoms with Crippen molar-refractivity contribution < 1.29 is 14.4 Å². The molecule has 0 spiro atoms. The van der Waals surface area contributed by atoms with Gasteiger partial charge in [-0.3, -0.25) is 19.3 Å². The van der Waals surface area contributed by atoms with Crippen molar-refractivity contribution in [3.8, 4) is 0 Å². The zero-order valence-electron chi connectivity index (χ0n) is 16.3. The van der Waals surface area contributed by atoms with Crippen molar-refractivity contribution in [2.75, 3.05) is 0 Å². The molecule has 2 saturated carbocycles. The summed E-state index contributed by atoms with van der Waals surface area (Å²) in [7, 11) is 0. The lowest BCUT2D eigenvalue weighted by Gasteiger charge is -2.45. The lowest BCUT2D eigenvalue weighted by atomic mass is 9.67. The van der Waals surface area contributed by atoms with E-state index in [0.717, 1.165) is 36.1 Å². The molecule has 2 fully saturated rings. The molecular weight excluding hydrogens is 378 g/mol. The molecule has 3 unspecified atom stereocenters. The minimum Gasteiger partial charge on any atom is -0.351 e. The van der Waals surface area contributed by atoms with E-state index in [-0.39, 0.29) is 42.2 Å². The molecule has 7 heteroatoms. The largest absolute Gasteiger partial charge is 0.351 e. The van der Waals surface area contributed by atoms with Crippen LogP contribution in [-0.2, 0) is 4.79 Å². The van der Waals surface area contributed by atoms with Crippen LogP contribution < -0.4 is 11.1 Å². The van der Waals surface area contributed by atoms with Gasteiger partial charge in [0.25, 0.3) is 11.8 Å². The summed E-state index contributed by atoms with van der Waals surface area (Å²) in [6, 6.07) is 4.69. The third-order valence-electron chi connectivity index (χ3n) is 6.53. The molecule has 1 heterocycles. The summed E-state index contributed by atoms with van der Waals surface area (Å²) < 4.78 is 0. The average molecular weight is 406 g/mol. The molecule has 3 atom stereocenters. The molecule has 1 aromatic rings. The number of carbonyl (C=O) groups is 3. The normalized spacial score (nSPS) is 29.8. The van der Waals surface area contributed by atoms with Gasteiger partial charge in [-0.1, -0.05) is 18.1 Å². The van der Waals surface area contributed by atoms with Crippen LogP contribution in [0.4, 0.5) is 0 Å². The Morgan fingerprint density at radius 2 is 1.75 bits per heavy atom. The lowest BCUT2D eigenvalue weighted by molar-refractivity contribution is -0.126. The molecule has 0 radical (unpaired) electrons. The van der Waals surface area contributed by atoms with Gasteiger partial charge in [-0.25, -0.2) is 0 Å². The second-order valence-corrected chi connectivity index (χ2v) is 8.42. The third-order valence-corrected chi connectivity index (χ3v) is 6.53. The molecule has 2 aliphatic carbocycles. The molecule has 1 aromatic carbocycles. The number of amides is 3. The molecule has 1 aliphatic heterocycles. The molecule has 0 saturated heterocycles. The second kappa shape index (κ2) is 7.84. The van der Waals surface area contributed by atoms with Gasteiger partial charge in [0.1, 0.15) is 6.04 Å². The number of halogens is 1. The first-order valence-electron chi connectivity index (χ1n) is 9.91. The van der Waals surface area contributed by atoms with Crippen molar-refractivity contribution in [2.45, 2.75) is 64.1 Å². The zero-order chi connectivity index (χ0) is 19.3. The van der Waals surface area contributed by atoms with Gasteiger partial charge in [0.05, 0.1) is 11.1 Å². The average Bonchev–Trinajstić information content (AvgIpc) is 2.85. The van der Waals surface area contributed by atoms with Crippen molar-refractivity contribution >= 4 is 30.1 Å². The Balaban J connectivity index is 0.00000225. The smallest absolute Gasteiger partial charge is 0.262 e. The van der Waals surface area contributed by atoms with Gasteiger partial charge >= 0.3 is 0 Å². The van der Waals surface area contributed by atoms with Crippen LogP contribution in [0.3, 0.4) is 0 Å². The van der Waals surface area contributed by atoms with Crippen molar-refractivity contribution in [2.24, 2.45) is 17.6 Å². The number of nitrogens with two attached hydrogens (primary N) is 1. The molecule has 3 aliphatic rings. The fraction of sp³-hybridized carbons (Fsp3) is 0.571. The summed E-state index contributed by atoms with van der Waals surface area (Å²) in [5, 5.41) is 3.16. The van der Waals surface area contributed by atoms with Crippen molar-refractivity contribution in [3.63, 3.8) is 0 Å². The molecule has 152 valence electrons. The molecule has 6 nitrogen and oxygen atoms in total. The summed E-state index contributed by atoms with van der Waals surface area (Å²) in [5.41, 5.74) is 7.85. The van der Waals surface area contributed by atoms with Crippen LogP contribution in [0.25, 0.3) is 0 Å². The van der Waals surface area contributed by atoms with E-state index in [1.165, 1.54) is 6.42 Å². The number of nitrogens with one attached hydrogen (secondary N) is 1. The summed E-state index contributed by atoms with van der Waals surface area (Å²) in [4.78, 5) is 39.5. The number of rotatable bonds is 3. The van der Waals surface area contributed by atoms with Gasteiger partial charge in [-0.2, -0.15) is 0 Å². The highest BCUT2D eigenvalue weighted by Gasteiger charge is 2.44. The Morgan fingerprint density at radius 3 is 2.39 bits per heavy atom. The maximum atomic E-state index is 12.9. The number of hydrogen-bond donors (Lipinski definition) is 2. The maximum Gasteiger partial charge on any atom is 0.262 e. The summed E-state index contributed by atoms with van der Waals surface area (Å²) >= 11 is 0. The predicted octanol–water partition coefficient (Wildman–Crippen LogP) is 2.42. The van der Waals surface area contributed by atoms with Gasteiger partial charge in [0.2, 0.25) is 5.91 Å². The number of carbonyl (C=O) groups excluding carboxylic acids is 3. The Kier molecular flexibility index (Phi) is 5.82. The van der Waals surface area contributed by atoms with Crippen molar-refractivity contribution in [3.05, 3.63) is 34.9 Å². The van der Waals surface area contributed by atoms with Gasteiger partial charge in [-0.15, -0.1) is 12.4 Å². The standard InChI is InChI=1S/C21H27N3O3.ClH/c1-11-6-7-16-17(8-11)21(27)24(20(16)26)12(2)19(25)23-18-13-4-3-5-14(18)10-15(22)9-13;/h6-8,12-15,18H,3-5,9-10,22H2,1-2H3,(H,23,25);1H. The third kappa shape index (κ3) is 3.44. The van der Waals surface area contributed by atoms with E-state index in [2.05, 4.69) is 5.32 Å². The highest BCUT2D eigenvalue weighted by molar-refractivity contribution is 6.22. The number of fused-ring (bicyclic) bond motifs is 3. The number of aryl methyl sites for hydroxylation is 1. The van der Waals surface area contributed by atoms with Crippen molar-refractivity contribution in [1.82, 2.24) is 10.2 Å². The second-order valence-electron chi connectivity index (χ2n) is 8.42. The van der Waals surface area contributed by atoms with Gasteiger partial charge in [-0.05, 0) is 63.5 Å². The quantitative estimate of drug-likeness (QED) is 0.755. The van der Waals surface area contributed by atoms with Crippen LogP contribution in [0.5, 0.6) is 0 Å². The van der Waals surface area contributed by atoms with E-state index in [1.807, 2.05) is 13.0 Å². The van der Waals surface area contributed by atoms with Gasteiger partial charge in [0, 0.05) is 12.1 Å². The predicted molar refractivity (Wildman–Crippen MR) is 108 cm³/mol. The Hall–Kier alpha value is -1.92. The van der Waals surface area contributed by atoms with Crippen LogP contribution in [0, 0.1) is 18.8 Å². The number of benzene rings is 1. The summed E-state index contributed by atoms with van der Waals surface area (Å²) in [5.74, 6) is -0.226. The van der Waals surface area contributed by atoms with E-state index >= 15 is 0 Å². The highest BCUT2D eigenvalue weighted by Crippen LogP contribution is 2.39. The summed E-state index contributed by atoms with van der Waals surface area (Å²) in [6.07, 6.45) is 5.21. The van der Waals surface area contributed by atoms with E-state index in [9.17, 15) is 14.4 Å². The molecular formula is C21H28ClN3O3. The molecule has 0 aromatic heterocycles. The topological polar surface area (TPSA) is 92.5 Å². The fourth-order valence-electron chi connectivity index (χ4n) is 5.15. The molecule has 28 heavy (non-hydrogen) atoms. The maximum absolute atomic E-state index is 12.9. The lowest BCUT2D eigenvalue weighted by Crippen LogP contribution is -2.57. The fourth-order valence-corrected chi connectivity index (χ4v) is 5.15. The van der Waals surface area contributed by atoms with Crippen LogP contribution in [-0.4, -0.2) is 40.7 Å². The SMILES string of the molecule is Cc1ccc2c(c1)C(=O)N(C(C)C(=O)NC1C3CCCC1CC(N)C3)C2=O.Cl.